The van der Waals surface area contributed by atoms with Crippen LogP contribution in [0.1, 0.15) is 13.8 Å². The summed E-state index contributed by atoms with van der Waals surface area (Å²) in [4.78, 5) is 16.1. The predicted molar refractivity (Wildman–Crippen MR) is 70.0 cm³/mol. The van der Waals surface area contributed by atoms with Crippen molar-refractivity contribution in [1.82, 2.24) is 9.55 Å². The second-order valence-electron chi connectivity index (χ2n) is 4.77. The van der Waals surface area contributed by atoms with Crippen LogP contribution in [-0.4, -0.2) is 20.3 Å². The van der Waals surface area contributed by atoms with Gasteiger partial charge in [0, 0.05) is 4.47 Å². The lowest BCUT2D eigenvalue weighted by Gasteiger charge is -2.18. The molecule has 0 aliphatic heterocycles. The summed E-state index contributed by atoms with van der Waals surface area (Å²) in [6, 6.07) is 2.78. The number of hydrogen-bond donors (Lipinski definition) is 1. The minimum Gasteiger partial charge on any atom is -0.389 e. The zero-order valence-corrected chi connectivity index (χ0v) is 11.5. The van der Waals surface area contributed by atoms with Crippen molar-refractivity contribution in [3.05, 3.63) is 39.1 Å². The van der Waals surface area contributed by atoms with E-state index < -0.39 is 11.4 Å². The fourth-order valence-corrected chi connectivity index (χ4v) is 2.15. The number of aliphatic hydroxyl groups is 1. The summed E-state index contributed by atoms with van der Waals surface area (Å²) in [5.41, 5.74) is -1.37. The Morgan fingerprint density at radius 2 is 2.17 bits per heavy atom. The highest BCUT2D eigenvalue weighted by atomic mass is 79.9. The third-order valence-corrected chi connectivity index (χ3v) is 2.86. The highest BCUT2D eigenvalue weighted by molar-refractivity contribution is 9.10. The molecule has 1 N–H and O–H groups in total. The Labute approximate surface area is 111 Å². The molecule has 6 heteroatoms. The molecule has 1 aromatic heterocycles. The van der Waals surface area contributed by atoms with Crippen molar-refractivity contribution in [1.29, 1.82) is 0 Å². The molecule has 0 aliphatic rings. The molecule has 0 amide bonds. The first-order valence-corrected chi connectivity index (χ1v) is 6.14. The Hall–Kier alpha value is -1.27. The number of hydrogen-bond acceptors (Lipinski definition) is 3. The van der Waals surface area contributed by atoms with Gasteiger partial charge in [-0.1, -0.05) is 15.9 Å². The van der Waals surface area contributed by atoms with Crippen LogP contribution >= 0.6 is 15.9 Å². The van der Waals surface area contributed by atoms with Gasteiger partial charge in [0.05, 0.1) is 23.9 Å². The van der Waals surface area contributed by atoms with Gasteiger partial charge in [-0.3, -0.25) is 9.36 Å². The fourth-order valence-electron chi connectivity index (χ4n) is 1.72. The Bertz CT molecular complexity index is 661. The van der Waals surface area contributed by atoms with E-state index in [9.17, 15) is 14.3 Å². The predicted octanol–water partition coefficient (Wildman–Crippen LogP) is 2.07. The van der Waals surface area contributed by atoms with Crippen molar-refractivity contribution >= 4 is 26.8 Å². The fraction of sp³-hybridized carbons (Fsp3) is 0.333. The summed E-state index contributed by atoms with van der Waals surface area (Å²) in [6.45, 7) is 3.28. The van der Waals surface area contributed by atoms with Gasteiger partial charge in [-0.2, -0.15) is 0 Å². The van der Waals surface area contributed by atoms with E-state index in [4.69, 9.17) is 0 Å². The second kappa shape index (κ2) is 4.44. The molecule has 1 heterocycles. The number of halogens is 2. The molecule has 2 rings (SSSR count). The Balaban J connectivity index is 2.68. The van der Waals surface area contributed by atoms with E-state index in [2.05, 4.69) is 20.9 Å². The number of nitrogens with zero attached hydrogens (tertiary/aromatic N) is 2. The van der Waals surface area contributed by atoms with Gasteiger partial charge < -0.3 is 5.11 Å². The first kappa shape index (κ1) is 13.2. The van der Waals surface area contributed by atoms with Crippen molar-refractivity contribution in [2.24, 2.45) is 0 Å². The molecule has 1 aromatic carbocycles. The summed E-state index contributed by atoms with van der Waals surface area (Å²) in [5, 5.41) is 9.89. The topological polar surface area (TPSA) is 55.1 Å². The molecule has 0 bridgehead atoms. The van der Waals surface area contributed by atoms with Crippen LogP contribution in [0.2, 0.25) is 0 Å². The highest BCUT2D eigenvalue weighted by Crippen LogP contribution is 2.19. The van der Waals surface area contributed by atoms with E-state index in [1.165, 1.54) is 23.0 Å². The van der Waals surface area contributed by atoms with Gasteiger partial charge in [0.2, 0.25) is 0 Å². The van der Waals surface area contributed by atoms with Crippen LogP contribution < -0.4 is 5.56 Å². The molecule has 18 heavy (non-hydrogen) atoms. The van der Waals surface area contributed by atoms with E-state index in [0.717, 1.165) is 0 Å². The number of aromatic nitrogens is 2. The van der Waals surface area contributed by atoms with Crippen molar-refractivity contribution in [3.63, 3.8) is 0 Å². The van der Waals surface area contributed by atoms with E-state index >= 15 is 0 Å². The average molecular weight is 315 g/mol. The van der Waals surface area contributed by atoms with Crippen molar-refractivity contribution in [2.45, 2.75) is 26.0 Å². The van der Waals surface area contributed by atoms with Crippen LogP contribution in [0.3, 0.4) is 0 Å². The van der Waals surface area contributed by atoms with Gasteiger partial charge in [0.15, 0.2) is 5.82 Å². The van der Waals surface area contributed by atoms with E-state index in [1.54, 1.807) is 13.8 Å². The molecule has 0 saturated heterocycles. The first-order valence-electron chi connectivity index (χ1n) is 5.34. The van der Waals surface area contributed by atoms with Crippen LogP contribution in [0.5, 0.6) is 0 Å². The molecule has 0 aliphatic carbocycles. The normalized spacial score (nSPS) is 12.1. The molecule has 96 valence electrons. The minimum absolute atomic E-state index is 0.0372. The first-order chi connectivity index (χ1) is 8.28. The molecule has 0 unspecified atom stereocenters. The summed E-state index contributed by atoms with van der Waals surface area (Å²) < 4.78 is 15.4. The van der Waals surface area contributed by atoms with Gasteiger partial charge in [-0.05, 0) is 26.0 Å². The molecular formula is C12H12BrFN2O2. The minimum atomic E-state index is -1.04. The quantitative estimate of drug-likeness (QED) is 0.923. The lowest BCUT2D eigenvalue weighted by molar-refractivity contribution is 0.0603. The third-order valence-electron chi connectivity index (χ3n) is 2.40. The van der Waals surface area contributed by atoms with E-state index in [1.807, 2.05) is 0 Å². The van der Waals surface area contributed by atoms with Gasteiger partial charge in [-0.25, -0.2) is 9.37 Å². The Kier molecular flexibility index (Phi) is 3.25. The summed E-state index contributed by atoms with van der Waals surface area (Å²) in [5.74, 6) is -0.549. The highest BCUT2D eigenvalue weighted by Gasteiger charge is 2.16. The monoisotopic (exact) mass is 314 g/mol. The third kappa shape index (κ3) is 2.59. The van der Waals surface area contributed by atoms with Crippen molar-refractivity contribution in [3.8, 4) is 0 Å². The van der Waals surface area contributed by atoms with Crippen molar-refractivity contribution in [2.75, 3.05) is 0 Å². The zero-order valence-electron chi connectivity index (χ0n) is 9.94. The summed E-state index contributed by atoms with van der Waals surface area (Å²) in [7, 11) is 0. The van der Waals surface area contributed by atoms with E-state index in [0.29, 0.717) is 4.47 Å². The maximum absolute atomic E-state index is 13.6. The van der Waals surface area contributed by atoms with Crippen LogP contribution in [0.4, 0.5) is 4.39 Å². The van der Waals surface area contributed by atoms with Gasteiger partial charge >= 0.3 is 0 Å². The second-order valence-corrected chi connectivity index (χ2v) is 5.69. The lowest BCUT2D eigenvalue weighted by Crippen LogP contribution is -2.32. The van der Waals surface area contributed by atoms with Gasteiger partial charge in [0.1, 0.15) is 5.52 Å². The molecule has 0 spiro atoms. The van der Waals surface area contributed by atoms with Gasteiger partial charge in [0.25, 0.3) is 5.56 Å². The smallest absolute Gasteiger partial charge is 0.261 e. The summed E-state index contributed by atoms with van der Waals surface area (Å²) >= 11 is 3.14. The summed E-state index contributed by atoms with van der Waals surface area (Å²) in [6.07, 6.45) is 1.25. The van der Waals surface area contributed by atoms with Crippen LogP contribution in [0.15, 0.2) is 27.7 Å². The number of fused-ring (bicyclic) bond motifs is 1. The number of rotatable bonds is 2. The molecule has 2 aromatic rings. The maximum atomic E-state index is 13.6. The lowest BCUT2D eigenvalue weighted by atomic mass is 10.1. The largest absolute Gasteiger partial charge is 0.389 e. The van der Waals surface area contributed by atoms with Crippen LogP contribution in [0.25, 0.3) is 10.9 Å². The SMILES string of the molecule is CC(C)(O)Cn1cnc2c(F)cc(Br)cc2c1=O. The van der Waals surface area contributed by atoms with Crippen molar-refractivity contribution < 1.29 is 9.50 Å². The average Bonchev–Trinajstić information content (AvgIpc) is 2.21. The molecule has 0 fully saturated rings. The molecule has 0 radical (unpaired) electrons. The van der Waals surface area contributed by atoms with Gasteiger partial charge in [-0.15, -0.1) is 0 Å². The van der Waals surface area contributed by atoms with E-state index in [-0.39, 0.29) is 23.0 Å². The number of benzene rings is 1. The molecular weight excluding hydrogens is 303 g/mol. The zero-order chi connectivity index (χ0) is 13.5. The molecule has 0 saturated carbocycles. The van der Waals surface area contributed by atoms with Crippen LogP contribution in [-0.2, 0) is 6.54 Å². The Morgan fingerprint density at radius 3 is 2.78 bits per heavy atom. The standard InChI is InChI=1S/C12H12BrFN2O2/c1-12(2,18)5-16-6-15-10-8(11(16)17)3-7(13)4-9(10)14/h3-4,6,18H,5H2,1-2H3. The molecule has 4 nitrogen and oxygen atoms in total. The Morgan fingerprint density at radius 1 is 1.50 bits per heavy atom. The maximum Gasteiger partial charge on any atom is 0.261 e. The molecule has 0 atom stereocenters. The van der Waals surface area contributed by atoms with Crippen LogP contribution in [0, 0.1) is 5.82 Å².